The summed E-state index contributed by atoms with van der Waals surface area (Å²) < 4.78 is 27.5. The molecule has 2 rings (SSSR count). The Hall–Kier alpha value is -0.910. The zero-order valence-electron chi connectivity index (χ0n) is 13.2. The molecule has 0 amide bonds. The van der Waals surface area contributed by atoms with Crippen LogP contribution >= 0.6 is 0 Å². The molecule has 0 saturated carbocycles. The average Bonchev–Trinajstić information content (AvgIpc) is 2.48. The molecular formula is C16H26N2O2S. The molecule has 1 heterocycles. The number of hydrogen-bond donors (Lipinski definition) is 1. The topological polar surface area (TPSA) is 49.4 Å². The van der Waals surface area contributed by atoms with Gasteiger partial charge in [-0.1, -0.05) is 31.0 Å². The maximum absolute atomic E-state index is 12.9. The van der Waals surface area contributed by atoms with Gasteiger partial charge in [0.2, 0.25) is 10.0 Å². The lowest BCUT2D eigenvalue weighted by Crippen LogP contribution is -2.53. The molecule has 2 unspecified atom stereocenters. The number of rotatable bonds is 5. The molecule has 2 atom stereocenters. The number of nitrogens with zero attached hydrogens (tertiary/aromatic N) is 1. The minimum Gasteiger partial charge on any atom is -0.313 e. The molecule has 0 aromatic heterocycles. The quantitative estimate of drug-likeness (QED) is 0.909. The fourth-order valence-corrected chi connectivity index (χ4v) is 4.80. The Labute approximate surface area is 128 Å². The molecule has 4 nitrogen and oxygen atoms in total. The largest absolute Gasteiger partial charge is 0.313 e. The Bertz CT molecular complexity index is 554. The van der Waals surface area contributed by atoms with Crippen molar-refractivity contribution in [1.82, 2.24) is 9.62 Å². The van der Waals surface area contributed by atoms with Crippen LogP contribution < -0.4 is 5.32 Å². The Morgan fingerprint density at radius 3 is 2.57 bits per heavy atom. The SMILES string of the molecule is CCNC(C)C1CCCCN1S(=O)(=O)c1ccc(C)cc1. The molecule has 1 saturated heterocycles. The number of benzene rings is 1. The van der Waals surface area contributed by atoms with Crippen molar-refractivity contribution in [2.75, 3.05) is 13.1 Å². The van der Waals surface area contributed by atoms with Gasteiger partial charge in [-0.2, -0.15) is 4.31 Å². The van der Waals surface area contributed by atoms with E-state index in [4.69, 9.17) is 0 Å². The van der Waals surface area contributed by atoms with Gasteiger partial charge in [-0.25, -0.2) is 8.42 Å². The summed E-state index contributed by atoms with van der Waals surface area (Å²) in [5.41, 5.74) is 1.07. The predicted molar refractivity (Wildman–Crippen MR) is 85.8 cm³/mol. The van der Waals surface area contributed by atoms with Gasteiger partial charge in [0.05, 0.1) is 4.90 Å². The number of nitrogens with one attached hydrogen (secondary N) is 1. The summed E-state index contributed by atoms with van der Waals surface area (Å²) in [7, 11) is -3.40. The smallest absolute Gasteiger partial charge is 0.243 e. The van der Waals surface area contributed by atoms with Crippen molar-refractivity contribution in [2.24, 2.45) is 0 Å². The van der Waals surface area contributed by atoms with Crippen molar-refractivity contribution < 1.29 is 8.42 Å². The summed E-state index contributed by atoms with van der Waals surface area (Å²) in [6.07, 6.45) is 2.97. The zero-order valence-corrected chi connectivity index (χ0v) is 14.0. The maximum Gasteiger partial charge on any atom is 0.243 e. The molecule has 21 heavy (non-hydrogen) atoms. The second kappa shape index (κ2) is 6.90. The van der Waals surface area contributed by atoms with Crippen LogP contribution in [0.4, 0.5) is 0 Å². The van der Waals surface area contributed by atoms with Crippen LogP contribution in [0, 0.1) is 6.92 Å². The van der Waals surface area contributed by atoms with Crippen molar-refractivity contribution in [3.8, 4) is 0 Å². The van der Waals surface area contributed by atoms with E-state index in [2.05, 4.69) is 19.2 Å². The van der Waals surface area contributed by atoms with Gasteiger partial charge in [0.1, 0.15) is 0 Å². The van der Waals surface area contributed by atoms with Gasteiger partial charge in [0.25, 0.3) is 0 Å². The number of piperidine rings is 1. The van der Waals surface area contributed by atoms with E-state index in [0.29, 0.717) is 11.4 Å². The van der Waals surface area contributed by atoms with Crippen LogP contribution in [-0.4, -0.2) is 37.9 Å². The molecule has 118 valence electrons. The molecular weight excluding hydrogens is 284 g/mol. The monoisotopic (exact) mass is 310 g/mol. The highest BCUT2D eigenvalue weighted by Gasteiger charge is 2.35. The van der Waals surface area contributed by atoms with Gasteiger partial charge >= 0.3 is 0 Å². The van der Waals surface area contributed by atoms with Crippen molar-refractivity contribution in [3.05, 3.63) is 29.8 Å². The normalized spacial score (nSPS) is 22.1. The molecule has 1 fully saturated rings. The molecule has 0 spiro atoms. The van der Waals surface area contributed by atoms with Gasteiger partial charge in [-0.15, -0.1) is 0 Å². The average molecular weight is 310 g/mol. The van der Waals surface area contributed by atoms with E-state index in [1.54, 1.807) is 16.4 Å². The van der Waals surface area contributed by atoms with E-state index in [0.717, 1.165) is 31.4 Å². The van der Waals surface area contributed by atoms with Crippen molar-refractivity contribution in [3.63, 3.8) is 0 Å². The first-order chi connectivity index (χ1) is 9.96. The van der Waals surface area contributed by atoms with Gasteiger partial charge in [0.15, 0.2) is 0 Å². The fourth-order valence-electron chi connectivity index (χ4n) is 3.03. The standard InChI is InChI=1S/C16H26N2O2S/c1-4-17-14(3)16-7-5-6-12-18(16)21(19,20)15-10-8-13(2)9-11-15/h8-11,14,16-17H,4-7,12H2,1-3H3. The third kappa shape index (κ3) is 3.65. The van der Waals surface area contributed by atoms with Crippen LogP contribution in [0.5, 0.6) is 0 Å². The van der Waals surface area contributed by atoms with E-state index in [1.165, 1.54) is 0 Å². The summed E-state index contributed by atoms with van der Waals surface area (Å²) in [4.78, 5) is 0.406. The molecule has 1 aromatic rings. The van der Waals surface area contributed by atoms with Crippen molar-refractivity contribution >= 4 is 10.0 Å². The lowest BCUT2D eigenvalue weighted by molar-refractivity contribution is 0.210. The Balaban J connectivity index is 2.29. The second-order valence-electron chi connectivity index (χ2n) is 5.84. The van der Waals surface area contributed by atoms with E-state index < -0.39 is 10.0 Å². The van der Waals surface area contributed by atoms with Crippen molar-refractivity contribution in [1.29, 1.82) is 0 Å². The van der Waals surface area contributed by atoms with E-state index in [1.807, 2.05) is 19.1 Å². The second-order valence-corrected chi connectivity index (χ2v) is 7.73. The number of hydrogen-bond acceptors (Lipinski definition) is 3. The highest BCUT2D eigenvalue weighted by molar-refractivity contribution is 7.89. The van der Waals surface area contributed by atoms with Gasteiger partial charge < -0.3 is 5.32 Å². The number of aryl methyl sites for hydroxylation is 1. The number of sulfonamides is 1. The van der Waals surface area contributed by atoms with E-state index >= 15 is 0 Å². The molecule has 0 radical (unpaired) electrons. The number of likely N-dealkylation sites (N-methyl/N-ethyl adjacent to an activating group) is 1. The molecule has 1 N–H and O–H groups in total. The lowest BCUT2D eigenvalue weighted by Gasteiger charge is -2.38. The molecule has 1 aliphatic heterocycles. The van der Waals surface area contributed by atoms with Crippen LogP contribution in [0.25, 0.3) is 0 Å². The molecule has 0 bridgehead atoms. The van der Waals surface area contributed by atoms with Gasteiger partial charge in [-0.3, -0.25) is 0 Å². The van der Waals surface area contributed by atoms with Crippen LogP contribution in [0.3, 0.4) is 0 Å². The van der Waals surface area contributed by atoms with Crippen LogP contribution in [0.1, 0.15) is 38.7 Å². The molecule has 5 heteroatoms. The Morgan fingerprint density at radius 1 is 1.29 bits per heavy atom. The highest BCUT2D eigenvalue weighted by atomic mass is 32.2. The first-order valence-electron chi connectivity index (χ1n) is 7.78. The minimum atomic E-state index is -3.40. The van der Waals surface area contributed by atoms with Crippen molar-refractivity contribution in [2.45, 2.75) is 57.0 Å². The highest BCUT2D eigenvalue weighted by Crippen LogP contribution is 2.27. The summed E-state index contributed by atoms with van der Waals surface area (Å²) >= 11 is 0. The van der Waals surface area contributed by atoms with Crippen LogP contribution in [0.2, 0.25) is 0 Å². The predicted octanol–water partition coefficient (Wildman–Crippen LogP) is 2.54. The summed E-state index contributed by atoms with van der Waals surface area (Å²) in [5, 5.41) is 3.37. The van der Waals surface area contributed by atoms with Crippen LogP contribution in [-0.2, 0) is 10.0 Å². The van der Waals surface area contributed by atoms with Crippen LogP contribution in [0.15, 0.2) is 29.2 Å². The summed E-state index contributed by atoms with van der Waals surface area (Å²) in [5.74, 6) is 0. The molecule has 1 aliphatic rings. The first kappa shape index (κ1) is 16.5. The third-order valence-corrected chi connectivity index (χ3v) is 6.17. The molecule has 1 aromatic carbocycles. The van der Waals surface area contributed by atoms with Gasteiger partial charge in [-0.05, 0) is 45.4 Å². The Kier molecular flexibility index (Phi) is 5.41. The van der Waals surface area contributed by atoms with Gasteiger partial charge in [0, 0.05) is 18.6 Å². The fraction of sp³-hybridized carbons (Fsp3) is 0.625. The maximum atomic E-state index is 12.9. The summed E-state index contributed by atoms with van der Waals surface area (Å²) in [6, 6.07) is 7.38. The lowest BCUT2D eigenvalue weighted by atomic mass is 9.99. The first-order valence-corrected chi connectivity index (χ1v) is 9.22. The van der Waals surface area contributed by atoms with E-state index in [-0.39, 0.29) is 12.1 Å². The Morgan fingerprint density at radius 2 is 1.95 bits per heavy atom. The zero-order chi connectivity index (χ0) is 15.5. The van der Waals surface area contributed by atoms with E-state index in [9.17, 15) is 8.42 Å². The summed E-state index contributed by atoms with van der Waals surface area (Å²) in [6.45, 7) is 7.58. The minimum absolute atomic E-state index is 0.0463. The third-order valence-electron chi connectivity index (χ3n) is 4.23. The molecule has 0 aliphatic carbocycles.